The molecule has 13 heavy (non-hydrogen) atoms. The molecule has 0 saturated heterocycles. The highest BCUT2D eigenvalue weighted by Gasteiger charge is 2.06. The van der Waals surface area contributed by atoms with Crippen LogP contribution in [0, 0.1) is 0 Å². The van der Waals surface area contributed by atoms with Crippen molar-refractivity contribution in [1.82, 2.24) is 4.98 Å². The van der Waals surface area contributed by atoms with Gasteiger partial charge in [-0.3, -0.25) is 0 Å². The third-order valence-electron chi connectivity index (χ3n) is 1.92. The fraction of sp³-hybridized carbons (Fsp3) is 0.444. The molecule has 0 unspecified atom stereocenters. The Morgan fingerprint density at radius 3 is 2.31 bits per heavy atom. The molecule has 0 fully saturated rings. The average Bonchev–Trinajstić information content (AvgIpc) is 2.03. The van der Waals surface area contributed by atoms with Crippen molar-refractivity contribution >= 4 is 11.6 Å². The first-order chi connectivity index (χ1) is 6.13. The van der Waals surface area contributed by atoms with Crippen LogP contribution in [-0.2, 0) is 0 Å². The maximum atomic E-state index is 5.90. The van der Waals surface area contributed by atoms with Gasteiger partial charge in [-0.15, -0.1) is 0 Å². The number of nitrogens with two attached hydrogens (primary N) is 3. The SMILES string of the molecule is CCC[C@@H](N)c1cc(N)nc(N)c1. The zero-order valence-electron chi connectivity index (χ0n) is 7.83. The van der Waals surface area contributed by atoms with Gasteiger partial charge >= 0.3 is 0 Å². The Kier molecular flexibility index (Phi) is 3.08. The molecule has 1 aromatic heterocycles. The van der Waals surface area contributed by atoms with Crippen molar-refractivity contribution in [2.75, 3.05) is 11.5 Å². The summed E-state index contributed by atoms with van der Waals surface area (Å²) in [5.74, 6) is 0.864. The first kappa shape index (κ1) is 9.80. The summed E-state index contributed by atoms with van der Waals surface area (Å²) >= 11 is 0. The van der Waals surface area contributed by atoms with Gasteiger partial charge in [0, 0.05) is 6.04 Å². The number of nitrogens with zero attached hydrogens (tertiary/aromatic N) is 1. The largest absolute Gasteiger partial charge is 0.384 e. The molecule has 0 amide bonds. The van der Waals surface area contributed by atoms with Crippen LogP contribution in [0.15, 0.2) is 12.1 Å². The van der Waals surface area contributed by atoms with E-state index in [4.69, 9.17) is 17.2 Å². The standard InChI is InChI=1S/C9H16N4/c1-2-3-7(10)6-4-8(11)13-9(12)5-6/h4-5,7H,2-3,10H2,1H3,(H4,11,12,13)/t7-/m1/s1. The minimum atomic E-state index is 0.0117. The van der Waals surface area contributed by atoms with E-state index in [1.165, 1.54) is 0 Å². The summed E-state index contributed by atoms with van der Waals surface area (Å²) in [6.07, 6.45) is 1.98. The van der Waals surface area contributed by atoms with Crippen LogP contribution in [0.25, 0.3) is 0 Å². The first-order valence-corrected chi connectivity index (χ1v) is 4.42. The van der Waals surface area contributed by atoms with Crippen molar-refractivity contribution in [3.8, 4) is 0 Å². The van der Waals surface area contributed by atoms with E-state index < -0.39 is 0 Å². The number of nitrogen functional groups attached to an aromatic ring is 2. The fourth-order valence-electron chi connectivity index (χ4n) is 1.29. The van der Waals surface area contributed by atoms with E-state index >= 15 is 0 Å². The number of rotatable bonds is 3. The second-order valence-corrected chi connectivity index (χ2v) is 3.15. The average molecular weight is 180 g/mol. The lowest BCUT2D eigenvalue weighted by Gasteiger charge is -2.11. The van der Waals surface area contributed by atoms with Gasteiger partial charge in [0.25, 0.3) is 0 Å². The molecule has 0 aliphatic rings. The Bertz CT molecular complexity index is 265. The number of hydrogen-bond acceptors (Lipinski definition) is 4. The smallest absolute Gasteiger partial charge is 0.126 e. The Morgan fingerprint density at radius 1 is 1.31 bits per heavy atom. The topological polar surface area (TPSA) is 91.0 Å². The van der Waals surface area contributed by atoms with Gasteiger partial charge in [-0.1, -0.05) is 13.3 Å². The lowest BCUT2D eigenvalue weighted by Crippen LogP contribution is -2.11. The molecule has 0 aliphatic heterocycles. The van der Waals surface area contributed by atoms with Crippen LogP contribution < -0.4 is 17.2 Å². The molecule has 0 aliphatic carbocycles. The molecule has 0 spiro atoms. The Labute approximate surface area is 78.1 Å². The zero-order valence-corrected chi connectivity index (χ0v) is 7.83. The molecule has 6 N–H and O–H groups in total. The van der Waals surface area contributed by atoms with E-state index in [0.717, 1.165) is 18.4 Å². The van der Waals surface area contributed by atoms with E-state index in [9.17, 15) is 0 Å². The van der Waals surface area contributed by atoms with Crippen LogP contribution in [0.2, 0.25) is 0 Å². The molecule has 0 radical (unpaired) electrons. The lowest BCUT2D eigenvalue weighted by molar-refractivity contribution is 0.638. The summed E-state index contributed by atoms with van der Waals surface area (Å²) in [5.41, 5.74) is 18.0. The first-order valence-electron chi connectivity index (χ1n) is 4.42. The Morgan fingerprint density at radius 2 is 1.85 bits per heavy atom. The normalized spacial score (nSPS) is 12.8. The number of pyridine rings is 1. The van der Waals surface area contributed by atoms with E-state index in [2.05, 4.69) is 11.9 Å². The van der Waals surface area contributed by atoms with Crippen LogP contribution >= 0.6 is 0 Å². The molecule has 0 aromatic carbocycles. The maximum Gasteiger partial charge on any atom is 0.126 e. The summed E-state index contributed by atoms with van der Waals surface area (Å²) in [6, 6.07) is 3.56. The van der Waals surface area contributed by atoms with Gasteiger partial charge in [0.15, 0.2) is 0 Å². The summed E-state index contributed by atoms with van der Waals surface area (Å²) < 4.78 is 0. The van der Waals surface area contributed by atoms with Gasteiger partial charge in [0.2, 0.25) is 0 Å². The van der Waals surface area contributed by atoms with Gasteiger partial charge in [-0.05, 0) is 24.1 Å². The van der Waals surface area contributed by atoms with Crippen molar-refractivity contribution in [3.63, 3.8) is 0 Å². The quantitative estimate of drug-likeness (QED) is 0.648. The second-order valence-electron chi connectivity index (χ2n) is 3.15. The van der Waals surface area contributed by atoms with Crippen LogP contribution in [-0.4, -0.2) is 4.98 Å². The van der Waals surface area contributed by atoms with E-state index in [0.29, 0.717) is 11.6 Å². The molecule has 4 nitrogen and oxygen atoms in total. The van der Waals surface area contributed by atoms with Crippen molar-refractivity contribution < 1.29 is 0 Å². The molecular weight excluding hydrogens is 164 g/mol. The highest BCUT2D eigenvalue weighted by atomic mass is 14.9. The van der Waals surface area contributed by atoms with Gasteiger partial charge < -0.3 is 17.2 Å². The number of aromatic nitrogens is 1. The van der Waals surface area contributed by atoms with Gasteiger partial charge in [-0.2, -0.15) is 0 Å². The predicted molar refractivity (Wildman–Crippen MR) is 54.9 cm³/mol. The van der Waals surface area contributed by atoms with E-state index in [1.54, 1.807) is 12.1 Å². The van der Waals surface area contributed by atoms with E-state index in [1.807, 2.05) is 0 Å². The maximum absolute atomic E-state index is 5.90. The summed E-state index contributed by atoms with van der Waals surface area (Å²) in [5, 5.41) is 0. The van der Waals surface area contributed by atoms with Gasteiger partial charge in [-0.25, -0.2) is 4.98 Å². The number of hydrogen-bond donors (Lipinski definition) is 3. The zero-order chi connectivity index (χ0) is 9.84. The highest BCUT2D eigenvalue weighted by Crippen LogP contribution is 2.18. The van der Waals surface area contributed by atoms with Crippen LogP contribution in [0.4, 0.5) is 11.6 Å². The molecule has 4 heteroatoms. The van der Waals surface area contributed by atoms with Crippen molar-refractivity contribution in [2.45, 2.75) is 25.8 Å². The van der Waals surface area contributed by atoms with E-state index in [-0.39, 0.29) is 6.04 Å². The summed E-state index contributed by atoms with van der Waals surface area (Å²) in [4.78, 5) is 3.88. The molecule has 1 heterocycles. The molecule has 0 bridgehead atoms. The van der Waals surface area contributed by atoms with Gasteiger partial charge in [0.1, 0.15) is 11.6 Å². The summed E-state index contributed by atoms with van der Waals surface area (Å²) in [6.45, 7) is 2.09. The van der Waals surface area contributed by atoms with Crippen molar-refractivity contribution in [1.29, 1.82) is 0 Å². The number of anilines is 2. The third-order valence-corrected chi connectivity index (χ3v) is 1.92. The monoisotopic (exact) mass is 180 g/mol. The van der Waals surface area contributed by atoms with Crippen molar-refractivity contribution in [3.05, 3.63) is 17.7 Å². The Balaban J connectivity index is 2.87. The third kappa shape index (κ3) is 2.59. The predicted octanol–water partition coefficient (Wildman–Crippen LogP) is 1.05. The fourth-order valence-corrected chi connectivity index (χ4v) is 1.29. The molecule has 1 rings (SSSR count). The minimum absolute atomic E-state index is 0.0117. The Hall–Kier alpha value is -1.29. The lowest BCUT2D eigenvalue weighted by atomic mass is 10.0. The van der Waals surface area contributed by atoms with Gasteiger partial charge in [0.05, 0.1) is 0 Å². The molecule has 72 valence electrons. The highest BCUT2D eigenvalue weighted by molar-refractivity contribution is 5.44. The molecule has 1 atom stereocenters. The second kappa shape index (κ2) is 4.09. The summed E-state index contributed by atoms with van der Waals surface area (Å²) in [7, 11) is 0. The van der Waals surface area contributed by atoms with Crippen LogP contribution in [0.3, 0.4) is 0 Å². The van der Waals surface area contributed by atoms with Crippen LogP contribution in [0.5, 0.6) is 0 Å². The molecular formula is C9H16N4. The minimum Gasteiger partial charge on any atom is -0.384 e. The van der Waals surface area contributed by atoms with Crippen LogP contribution in [0.1, 0.15) is 31.4 Å². The van der Waals surface area contributed by atoms with Crippen molar-refractivity contribution in [2.24, 2.45) is 5.73 Å². The molecule has 0 saturated carbocycles. The molecule has 1 aromatic rings.